The standard InChI is InChI=1S/C24H21F3N2O3/c1-2-14-32-21-12-8-17(9-13-21)22(30)28-19-10-6-16(7-11-19)23(31)29-20-5-3-4-18(15-20)24(25,26)27/h3-13,15H,2,14H2,1H3,(H,28,30)(H,29,31). The summed E-state index contributed by atoms with van der Waals surface area (Å²) >= 11 is 0. The number of rotatable bonds is 7. The van der Waals surface area contributed by atoms with Gasteiger partial charge in [-0.3, -0.25) is 9.59 Å². The van der Waals surface area contributed by atoms with Crippen molar-refractivity contribution in [2.75, 3.05) is 17.2 Å². The van der Waals surface area contributed by atoms with Gasteiger partial charge < -0.3 is 15.4 Å². The number of carbonyl (C=O) groups excluding carboxylic acids is 2. The van der Waals surface area contributed by atoms with Crippen LogP contribution in [0.3, 0.4) is 0 Å². The van der Waals surface area contributed by atoms with E-state index in [1.54, 1.807) is 24.3 Å². The molecule has 3 rings (SSSR count). The molecule has 0 unspecified atom stereocenters. The quantitative estimate of drug-likeness (QED) is 0.472. The minimum atomic E-state index is -4.50. The van der Waals surface area contributed by atoms with Crippen molar-refractivity contribution in [3.05, 3.63) is 89.5 Å². The van der Waals surface area contributed by atoms with Crippen LogP contribution in [0, 0.1) is 0 Å². The molecule has 8 heteroatoms. The van der Waals surface area contributed by atoms with E-state index in [0.29, 0.717) is 23.6 Å². The molecule has 0 saturated heterocycles. The van der Waals surface area contributed by atoms with Gasteiger partial charge in [-0.1, -0.05) is 13.0 Å². The van der Waals surface area contributed by atoms with Crippen LogP contribution in [-0.2, 0) is 6.18 Å². The third-order valence-electron chi connectivity index (χ3n) is 4.44. The van der Waals surface area contributed by atoms with Gasteiger partial charge in [0.05, 0.1) is 12.2 Å². The molecule has 0 atom stereocenters. The van der Waals surface area contributed by atoms with Crippen molar-refractivity contribution in [3.8, 4) is 5.75 Å². The number of halogens is 3. The molecule has 166 valence electrons. The SMILES string of the molecule is CCCOc1ccc(C(=O)Nc2ccc(C(=O)Nc3cccc(C(F)(F)F)c3)cc2)cc1. The van der Waals surface area contributed by atoms with Gasteiger partial charge in [0.25, 0.3) is 11.8 Å². The van der Waals surface area contributed by atoms with Crippen molar-refractivity contribution in [2.45, 2.75) is 19.5 Å². The third-order valence-corrected chi connectivity index (χ3v) is 4.44. The van der Waals surface area contributed by atoms with Gasteiger partial charge in [0.2, 0.25) is 0 Å². The van der Waals surface area contributed by atoms with Gasteiger partial charge in [0.15, 0.2) is 0 Å². The molecule has 3 aromatic rings. The van der Waals surface area contributed by atoms with E-state index < -0.39 is 17.6 Å². The van der Waals surface area contributed by atoms with Crippen LogP contribution in [0.5, 0.6) is 5.75 Å². The number of anilines is 2. The highest BCUT2D eigenvalue weighted by Gasteiger charge is 2.30. The zero-order chi connectivity index (χ0) is 23.1. The number of alkyl halides is 3. The number of amides is 2. The first-order valence-electron chi connectivity index (χ1n) is 9.89. The predicted octanol–water partition coefficient (Wildman–Crippen LogP) is 6.00. The summed E-state index contributed by atoms with van der Waals surface area (Å²) in [4.78, 5) is 24.7. The van der Waals surface area contributed by atoms with E-state index in [1.165, 1.54) is 36.4 Å². The highest BCUT2D eigenvalue weighted by Crippen LogP contribution is 2.30. The van der Waals surface area contributed by atoms with Crippen molar-refractivity contribution < 1.29 is 27.5 Å². The highest BCUT2D eigenvalue weighted by molar-refractivity contribution is 6.06. The van der Waals surface area contributed by atoms with Gasteiger partial charge >= 0.3 is 6.18 Å². The normalized spacial score (nSPS) is 11.0. The molecule has 3 aromatic carbocycles. The molecule has 2 amide bonds. The lowest BCUT2D eigenvalue weighted by Gasteiger charge is -2.10. The molecule has 5 nitrogen and oxygen atoms in total. The molecule has 0 saturated carbocycles. The van der Waals surface area contributed by atoms with Crippen LogP contribution in [0.1, 0.15) is 39.6 Å². The Morgan fingerprint density at radius 1 is 0.812 bits per heavy atom. The van der Waals surface area contributed by atoms with Gasteiger partial charge in [0, 0.05) is 22.5 Å². The van der Waals surface area contributed by atoms with Gasteiger partial charge in [0.1, 0.15) is 5.75 Å². The minimum Gasteiger partial charge on any atom is -0.494 e. The third kappa shape index (κ3) is 6.10. The summed E-state index contributed by atoms with van der Waals surface area (Å²) in [5.74, 6) is -0.211. The first-order chi connectivity index (χ1) is 15.3. The number of benzene rings is 3. The molecule has 0 fully saturated rings. The summed E-state index contributed by atoms with van der Waals surface area (Å²) in [6, 6.07) is 17.1. The lowest BCUT2D eigenvalue weighted by Crippen LogP contribution is -2.14. The molecule has 32 heavy (non-hydrogen) atoms. The van der Waals surface area contributed by atoms with E-state index in [0.717, 1.165) is 18.6 Å². The number of nitrogens with one attached hydrogen (secondary N) is 2. The maximum absolute atomic E-state index is 12.8. The van der Waals surface area contributed by atoms with Gasteiger partial charge in [-0.15, -0.1) is 0 Å². The molecular formula is C24H21F3N2O3. The molecule has 0 aliphatic rings. The van der Waals surface area contributed by atoms with E-state index in [9.17, 15) is 22.8 Å². The van der Waals surface area contributed by atoms with E-state index >= 15 is 0 Å². The number of carbonyl (C=O) groups is 2. The maximum atomic E-state index is 12.8. The van der Waals surface area contributed by atoms with E-state index in [2.05, 4.69) is 10.6 Å². The van der Waals surface area contributed by atoms with Gasteiger partial charge in [-0.05, 0) is 73.2 Å². The fourth-order valence-electron chi connectivity index (χ4n) is 2.81. The Morgan fingerprint density at radius 2 is 1.38 bits per heavy atom. The van der Waals surface area contributed by atoms with Crippen LogP contribution in [0.4, 0.5) is 24.5 Å². The molecule has 0 heterocycles. The van der Waals surface area contributed by atoms with E-state index in [-0.39, 0.29) is 17.2 Å². The van der Waals surface area contributed by atoms with Crippen molar-refractivity contribution in [1.82, 2.24) is 0 Å². The Morgan fingerprint density at radius 3 is 1.94 bits per heavy atom. The molecule has 0 radical (unpaired) electrons. The Bertz CT molecular complexity index is 1080. The minimum absolute atomic E-state index is 0.0357. The van der Waals surface area contributed by atoms with Crippen LogP contribution in [0.2, 0.25) is 0 Å². The molecule has 0 aromatic heterocycles. The Kier molecular flexibility index (Phi) is 7.14. The first-order valence-corrected chi connectivity index (χ1v) is 9.89. The van der Waals surface area contributed by atoms with Crippen LogP contribution in [0.25, 0.3) is 0 Å². The molecule has 0 aliphatic carbocycles. The number of hydrogen-bond donors (Lipinski definition) is 2. The molecule has 2 N–H and O–H groups in total. The summed E-state index contributed by atoms with van der Waals surface area (Å²) in [6.07, 6.45) is -3.61. The Labute approximate surface area is 183 Å². The van der Waals surface area contributed by atoms with Gasteiger partial charge in [-0.2, -0.15) is 13.2 Å². The summed E-state index contributed by atoms with van der Waals surface area (Å²) in [7, 11) is 0. The zero-order valence-corrected chi connectivity index (χ0v) is 17.2. The van der Waals surface area contributed by atoms with Crippen molar-refractivity contribution >= 4 is 23.2 Å². The molecule has 0 spiro atoms. The van der Waals surface area contributed by atoms with Crippen molar-refractivity contribution in [1.29, 1.82) is 0 Å². The first kappa shape index (κ1) is 22.9. The summed E-state index contributed by atoms with van der Waals surface area (Å²) in [5, 5.41) is 5.16. The van der Waals surface area contributed by atoms with Crippen LogP contribution in [-0.4, -0.2) is 18.4 Å². The van der Waals surface area contributed by atoms with E-state index in [1.807, 2.05) is 6.92 Å². The van der Waals surface area contributed by atoms with Crippen LogP contribution >= 0.6 is 0 Å². The lowest BCUT2D eigenvalue weighted by atomic mass is 10.1. The predicted molar refractivity (Wildman–Crippen MR) is 116 cm³/mol. The van der Waals surface area contributed by atoms with Crippen molar-refractivity contribution in [3.63, 3.8) is 0 Å². The smallest absolute Gasteiger partial charge is 0.416 e. The van der Waals surface area contributed by atoms with Crippen LogP contribution in [0.15, 0.2) is 72.8 Å². The summed E-state index contributed by atoms with van der Waals surface area (Å²) < 4.78 is 43.9. The van der Waals surface area contributed by atoms with Gasteiger partial charge in [-0.25, -0.2) is 0 Å². The average molecular weight is 442 g/mol. The number of ether oxygens (including phenoxy) is 1. The molecular weight excluding hydrogens is 421 g/mol. The maximum Gasteiger partial charge on any atom is 0.416 e. The summed E-state index contributed by atoms with van der Waals surface area (Å²) in [6.45, 7) is 2.60. The highest BCUT2D eigenvalue weighted by atomic mass is 19.4. The topological polar surface area (TPSA) is 67.4 Å². The molecule has 0 bridgehead atoms. The second kappa shape index (κ2) is 10.00. The largest absolute Gasteiger partial charge is 0.494 e. The van der Waals surface area contributed by atoms with Crippen molar-refractivity contribution in [2.24, 2.45) is 0 Å². The van der Waals surface area contributed by atoms with Crippen LogP contribution < -0.4 is 15.4 Å². The van der Waals surface area contributed by atoms with E-state index in [4.69, 9.17) is 4.74 Å². The lowest BCUT2D eigenvalue weighted by molar-refractivity contribution is -0.137. The monoisotopic (exact) mass is 442 g/mol. The Balaban J connectivity index is 1.61. The fourth-order valence-corrected chi connectivity index (χ4v) is 2.81. The summed E-state index contributed by atoms with van der Waals surface area (Å²) in [5.41, 5.74) is 0.335. The Hall–Kier alpha value is -3.81. The fraction of sp³-hybridized carbons (Fsp3) is 0.167. The zero-order valence-electron chi connectivity index (χ0n) is 17.2. The second-order valence-electron chi connectivity index (χ2n) is 6.94. The second-order valence-corrected chi connectivity index (χ2v) is 6.94. The average Bonchev–Trinajstić information content (AvgIpc) is 2.78. The number of hydrogen-bond acceptors (Lipinski definition) is 3. The molecule has 0 aliphatic heterocycles.